The molecule has 2 amide bonds. The number of thioether (sulfide) groups is 1. The third-order valence-electron chi connectivity index (χ3n) is 4.33. The number of nitrogens with zero attached hydrogens (tertiary/aromatic N) is 1. The van der Waals surface area contributed by atoms with E-state index >= 15 is 0 Å². The molecule has 0 aromatic heterocycles. The first-order valence-corrected chi connectivity index (χ1v) is 9.83. The van der Waals surface area contributed by atoms with E-state index in [4.69, 9.17) is 4.74 Å². The van der Waals surface area contributed by atoms with Crippen molar-refractivity contribution in [3.05, 3.63) is 65.7 Å². The molecule has 0 radical (unpaired) electrons. The molecule has 0 bridgehead atoms. The molecule has 0 unspecified atom stereocenters. The Morgan fingerprint density at radius 2 is 1.73 bits per heavy atom. The summed E-state index contributed by atoms with van der Waals surface area (Å²) in [6.45, 7) is 3.11. The van der Waals surface area contributed by atoms with Crippen molar-refractivity contribution in [3.8, 4) is 5.75 Å². The van der Waals surface area contributed by atoms with Gasteiger partial charge in [0.15, 0.2) is 0 Å². The first-order valence-electron chi connectivity index (χ1n) is 8.95. The van der Waals surface area contributed by atoms with E-state index in [0.717, 1.165) is 41.5 Å². The van der Waals surface area contributed by atoms with Gasteiger partial charge in [-0.1, -0.05) is 67.6 Å². The highest BCUT2D eigenvalue weighted by molar-refractivity contribution is 8.15. The number of rotatable bonds is 8. The molecule has 1 aliphatic rings. The Kier molecular flexibility index (Phi) is 6.34. The predicted molar refractivity (Wildman–Crippen MR) is 104 cm³/mol. The zero-order valence-corrected chi connectivity index (χ0v) is 15.7. The molecule has 0 aliphatic carbocycles. The van der Waals surface area contributed by atoms with Crippen LogP contribution >= 0.6 is 11.8 Å². The molecule has 0 N–H and O–H groups in total. The lowest BCUT2D eigenvalue weighted by Crippen LogP contribution is -2.33. The van der Waals surface area contributed by atoms with Crippen LogP contribution in [-0.2, 0) is 17.8 Å². The quantitative estimate of drug-likeness (QED) is 0.678. The van der Waals surface area contributed by atoms with Gasteiger partial charge in [0, 0.05) is 6.54 Å². The second-order valence-corrected chi connectivity index (χ2v) is 7.49. The number of carbonyl (C=O) groups is 2. The van der Waals surface area contributed by atoms with Crippen LogP contribution in [0.2, 0.25) is 0 Å². The lowest BCUT2D eigenvalue weighted by molar-refractivity contribution is -0.126. The summed E-state index contributed by atoms with van der Waals surface area (Å²) in [6.07, 6.45) is 2.39. The van der Waals surface area contributed by atoms with Gasteiger partial charge in [-0.15, -0.1) is 0 Å². The highest BCUT2D eigenvalue weighted by Gasteiger charge is 2.38. The van der Waals surface area contributed by atoms with Gasteiger partial charge in [-0.3, -0.25) is 14.5 Å². The molecular formula is C21H23NO3S. The fraction of sp³-hybridized carbons (Fsp3) is 0.333. The second kappa shape index (κ2) is 8.90. The van der Waals surface area contributed by atoms with Crippen molar-refractivity contribution in [2.45, 2.75) is 38.0 Å². The molecule has 2 aromatic carbocycles. The Hall–Kier alpha value is -2.27. The topological polar surface area (TPSA) is 46.6 Å². The molecule has 136 valence electrons. The number of amides is 2. The minimum Gasteiger partial charge on any atom is -0.489 e. The standard InChI is InChI=1S/C21H23NO3S/c1-2-3-13-22-20(23)19(26-21(22)24)14-16-9-11-18(12-10-16)25-15-17-7-5-4-6-8-17/h4-12,19H,2-3,13-15H2,1H3/t19-/m1/s1. The lowest BCUT2D eigenvalue weighted by Gasteiger charge is -2.13. The predicted octanol–water partition coefficient (Wildman–Crippen LogP) is 4.67. The number of imide groups is 1. The van der Waals surface area contributed by atoms with E-state index in [0.29, 0.717) is 19.6 Å². The van der Waals surface area contributed by atoms with Crippen LogP contribution in [0.1, 0.15) is 30.9 Å². The van der Waals surface area contributed by atoms with Crippen molar-refractivity contribution in [1.29, 1.82) is 0 Å². The van der Waals surface area contributed by atoms with Gasteiger partial charge in [0.2, 0.25) is 5.91 Å². The number of hydrogen-bond donors (Lipinski definition) is 0. The monoisotopic (exact) mass is 369 g/mol. The van der Waals surface area contributed by atoms with Gasteiger partial charge in [-0.25, -0.2) is 0 Å². The summed E-state index contributed by atoms with van der Waals surface area (Å²) in [4.78, 5) is 25.8. The molecule has 5 heteroatoms. The van der Waals surface area contributed by atoms with E-state index < -0.39 is 0 Å². The minimum absolute atomic E-state index is 0.0575. The van der Waals surface area contributed by atoms with E-state index in [1.54, 1.807) is 0 Å². The maximum absolute atomic E-state index is 12.4. The first-order chi connectivity index (χ1) is 12.7. The Morgan fingerprint density at radius 1 is 1.00 bits per heavy atom. The molecule has 0 spiro atoms. The SMILES string of the molecule is CCCCN1C(=O)S[C@H](Cc2ccc(OCc3ccccc3)cc2)C1=O. The third-order valence-corrected chi connectivity index (χ3v) is 5.41. The maximum Gasteiger partial charge on any atom is 0.289 e. The van der Waals surface area contributed by atoms with E-state index in [1.165, 1.54) is 4.90 Å². The summed E-state index contributed by atoms with van der Waals surface area (Å²) >= 11 is 1.14. The van der Waals surface area contributed by atoms with Gasteiger partial charge in [0.25, 0.3) is 5.24 Å². The summed E-state index contributed by atoms with van der Waals surface area (Å²) in [7, 11) is 0. The zero-order chi connectivity index (χ0) is 18.4. The number of carbonyl (C=O) groups excluding carboxylic acids is 2. The molecule has 4 nitrogen and oxygen atoms in total. The van der Waals surface area contributed by atoms with Crippen LogP contribution in [0.5, 0.6) is 5.75 Å². The van der Waals surface area contributed by atoms with E-state index in [2.05, 4.69) is 6.92 Å². The van der Waals surface area contributed by atoms with Crippen molar-refractivity contribution in [3.63, 3.8) is 0 Å². The Bertz CT molecular complexity index is 746. The largest absolute Gasteiger partial charge is 0.489 e. The highest BCUT2D eigenvalue weighted by Crippen LogP contribution is 2.30. The average molecular weight is 369 g/mol. The van der Waals surface area contributed by atoms with Crippen LogP contribution in [0.25, 0.3) is 0 Å². The molecule has 1 saturated heterocycles. The molecule has 1 fully saturated rings. The van der Waals surface area contributed by atoms with E-state index in [9.17, 15) is 9.59 Å². The van der Waals surface area contributed by atoms with Crippen molar-refractivity contribution < 1.29 is 14.3 Å². The molecule has 1 atom stereocenters. The average Bonchev–Trinajstić information content (AvgIpc) is 2.93. The number of hydrogen-bond acceptors (Lipinski definition) is 4. The second-order valence-electron chi connectivity index (χ2n) is 6.34. The summed E-state index contributed by atoms with van der Waals surface area (Å²) in [5.41, 5.74) is 2.16. The van der Waals surface area contributed by atoms with Crippen LogP contribution in [0.3, 0.4) is 0 Å². The van der Waals surface area contributed by atoms with Crippen molar-refractivity contribution in [2.75, 3.05) is 6.54 Å². The van der Waals surface area contributed by atoms with Gasteiger partial charge in [0.1, 0.15) is 12.4 Å². The maximum atomic E-state index is 12.4. The highest BCUT2D eigenvalue weighted by atomic mass is 32.2. The fourth-order valence-electron chi connectivity index (χ4n) is 2.82. The number of benzene rings is 2. The Labute approximate surface area is 158 Å². The third kappa shape index (κ3) is 4.67. The summed E-state index contributed by atoms with van der Waals surface area (Å²) in [6, 6.07) is 17.8. The van der Waals surface area contributed by atoms with Gasteiger partial charge >= 0.3 is 0 Å². The minimum atomic E-state index is -0.310. The van der Waals surface area contributed by atoms with Gasteiger partial charge in [-0.2, -0.15) is 0 Å². The molecule has 1 heterocycles. The van der Waals surface area contributed by atoms with Crippen molar-refractivity contribution >= 4 is 22.9 Å². The van der Waals surface area contributed by atoms with Crippen LogP contribution in [-0.4, -0.2) is 27.8 Å². The van der Waals surface area contributed by atoms with Gasteiger partial charge in [-0.05, 0) is 36.1 Å². The molecule has 2 aromatic rings. The summed E-state index contributed by atoms with van der Waals surface area (Å²) in [5, 5.41) is -0.424. The first kappa shape index (κ1) is 18.5. The summed E-state index contributed by atoms with van der Waals surface area (Å²) in [5.74, 6) is 0.738. The normalized spacial score (nSPS) is 17.0. The number of unbranched alkanes of at least 4 members (excludes halogenated alkanes) is 1. The van der Waals surface area contributed by atoms with Crippen molar-refractivity contribution in [2.24, 2.45) is 0 Å². The smallest absolute Gasteiger partial charge is 0.289 e. The Morgan fingerprint density at radius 3 is 2.42 bits per heavy atom. The fourth-order valence-corrected chi connectivity index (χ4v) is 3.88. The zero-order valence-electron chi connectivity index (χ0n) is 14.9. The van der Waals surface area contributed by atoms with E-state index in [-0.39, 0.29) is 16.4 Å². The lowest BCUT2D eigenvalue weighted by atomic mass is 10.1. The van der Waals surface area contributed by atoms with Gasteiger partial charge in [0.05, 0.1) is 5.25 Å². The van der Waals surface area contributed by atoms with Crippen LogP contribution < -0.4 is 4.74 Å². The van der Waals surface area contributed by atoms with Crippen LogP contribution in [0, 0.1) is 0 Å². The van der Waals surface area contributed by atoms with Gasteiger partial charge < -0.3 is 4.74 Å². The van der Waals surface area contributed by atoms with Crippen LogP contribution in [0.4, 0.5) is 4.79 Å². The molecule has 0 saturated carbocycles. The van der Waals surface area contributed by atoms with Crippen LogP contribution in [0.15, 0.2) is 54.6 Å². The molecule has 26 heavy (non-hydrogen) atoms. The summed E-state index contributed by atoms with van der Waals surface area (Å²) < 4.78 is 5.78. The Balaban J connectivity index is 1.54. The molecule has 3 rings (SSSR count). The molecule has 1 aliphatic heterocycles. The molecular weight excluding hydrogens is 346 g/mol. The van der Waals surface area contributed by atoms with Crippen molar-refractivity contribution in [1.82, 2.24) is 4.90 Å². The number of ether oxygens (including phenoxy) is 1. The van der Waals surface area contributed by atoms with E-state index in [1.807, 2.05) is 54.6 Å².